The number of hydrogen-bond donors (Lipinski definition) is 0. The molecule has 17 heavy (non-hydrogen) atoms. The van der Waals surface area contributed by atoms with Crippen molar-refractivity contribution >= 4 is 22.5 Å². The molecule has 0 bridgehead atoms. The van der Waals surface area contributed by atoms with Crippen LogP contribution in [0.15, 0.2) is 54.7 Å². The van der Waals surface area contributed by atoms with Gasteiger partial charge >= 0.3 is 0 Å². The highest BCUT2D eigenvalue weighted by Crippen LogP contribution is 2.28. The van der Waals surface area contributed by atoms with Crippen molar-refractivity contribution in [3.8, 4) is 11.1 Å². The predicted octanol–water partition coefficient (Wildman–Crippen LogP) is 4.36. The molecule has 0 fully saturated rings. The van der Waals surface area contributed by atoms with Gasteiger partial charge in [0.2, 0.25) is 0 Å². The summed E-state index contributed by atoms with van der Waals surface area (Å²) in [6.45, 7) is 0. The van der Waals surface area contributed by atoms with E-state index in [1.807, 2.05) is 42.6 Å². The molecule has 0 atom stereocenters. The largest absolute Gasteiger partial charge is 0.256 e. The van der Waals surface area contributed by atoms with Crippen molar-refractivity contribution in [2.24, 2.45) is 0 Å². The molecule has 0 N–H and O–H groups in total. The Labute approximate surface area is 105 Å². The number of pyridine rings is 1. The summed E-state index contributed by atoms with van der Waals surface area (Å²) in [5, 5.41) is 1.74. The number of hydrogen-bond acceptors (Lipinski definition) is 1. The molecule has 1 nitrogen and oxygen atoms in total. The zero-order chi connectivity index (χ0) is 11.7. The van der Waals surface area contributed by atoms with Crippen LogP contribution in [-0.2, 0) is 0 Å². The van der Waals surface area contributed by atoms with Gasteiger partial charge in [-0.1, -0.05) is 48.0 Å². The van der Waals surface area contributed by atoms with Gasteiger partial charge in [-0.05, 0) is 12.1 Å². The van der Waals surface area contributed by atoms with E-state index in [0.717, 1.165) is 22.0 Å². The second-order valence-corrected chi connectivity index (χ2v) is 4.19. The molecule has 0 saturated carbocycles. The molecule has 0 aliphatic rings. The van der Waals surface area contributed by atoms with Crippen LogP contribution >= 0.6 is 11.6 Å². The Balaban J connectivity index is 2.22. The normalized spacial score (nSPS) is 10.6. The lowest BCUT2D eigenvalue weighted by Gasteiger charge is -2.04. The Kier molecular flexibility index (Phi) is 2.54. The van der Waals surface area contributed by atoms with E-state index in [1.165, 1.54) is 0 Å². The van der Waals surface area contributed by atoms with Crippen LogP contribution in [0, 0.1) is 6.07 Å². The molecule has 1 radical (unpaired) electrons. The summed E-state index contributed by atoms with van der Waals surface area (Å²) in [5.74, 6) is 0. The highest BCUT2D eigenvalue weighted by atomic mass is 35.5. The fourth-order valence-corrected chi connectivity index (χ4v) is 2.09. The maximum atomic E-state index is 6.13. The van der Waals surface area contributed by atoms with E-state index in [-0.39, 0.29) is 0 Å². The van der Waals surface area contributed by atoms with Crippen molar-refractivity contribution in [3.05, 3.63) is 65.8 Å². The molecular weight excluding hydrogens is 230 g/mol. The predicted molar refractivity (Wildman–Crippen MR) is 71.0 cm³/mol. The van der Waals surface area contributed by atoms with Crippen molar-refractivity contribution in [2.75, 3.05) is 0 Å². The molecule has 0 amide bonds. The molecule has 0 spiro atoms. The lowest BCUT2D eigenvalue weighted by atomic mass is 10.1. The molecule has 2 aromatic carbocycles. The third-order valence-electron chi connectivity index (χ3n) is 2.71. The molecule has 3 rings (SSSR count). The van der Waals surface area contributed by atoms with E-state index in [1.54, 1.807) is 6.07 Å². The first-order chi connectivity index (χ1) is 8.34. The number of nitrogens with zero attached hydrogens (tertiary/aromatic N) is 1. The van der Waals surface area contributed by atoms with Crippen LogP contribution in [0.4, 0.5) is 0 Å². The van der Waals surface area contributed by atoms with Gasteiger partial charge in [0.05, 0.1) is 10.5 Å². The Morgan fingerprint density at radius 2 is 1.94 bits per heavy atom. The van der Waals surface area contributed by atoms with Crippen LogP contribution in [0.1, 0.15) is 0 Å². The third kappa shape index (κ3) is 1.90. The third-order valence-corrected chi connectivity index (χ3v) is 3.02. The van der Waals surface area contributed by atoms with Gasteiger partial charge in [-0.3, -0.25) is 4.98 Å². The van der Waals surface area contributed by atoms with Gasteiger partial charge in [-0.2, -0.15) is 0 Å². The molecule has 1 aromatic heterocycles. The molecule has 81 valence electrons. The first-order valence-corrected chi connectivity index (χ1v) is 5.74. The highest BCUT2D eigenvalue weighted by molar-refractivity contribution is 6.33. The lowest BCUT2D eigenvalue weighted by Crippen LogP contribution is -1.83. The summed E-state index contributed by atoms with van der Waals surface area (Å²) in [7, 11) is 0. The average Bonchev–Trinajstić information content (AvgIpc) is 2.39. The Morgan fingerprint density at radius 3 is 2.82 bits per heavy atom. The fourth-order valence-electron chi connectivity index (χ4n) is 1.86. The molecule has 0 aliphatic carbocycles. The summed E-state index contributed by atoms with van der Waals surface area (Å²) in [6.07, 6.45) is 1.84. The van der Waals surface area contributed by atoms with Crippen LogP contribution in [0.5, 0.6) is 0 Å². The maximum absolute atomic E-state index is 6.13. The van der Waals surface area contributed by atoms with Gasteiger partial charge in [0.15, 0.2) is 0 Å². The van der Waals surface area contributed by atoms with E-state index in [4.69, 9.17) is 11.6 Å². The van der Waals surface area contributed by atoms with Crippen LogP contribution < -0.4 is 0 Å². The standard InChI is InChI=1S/C15H9ClN/c16-14-7-3-2-6-13(14)12-9-11-5-1-4-8-15(11)17-10-12/h1-6,8-10H. The fraction of sp³-hybridized carbons (Fsp3) is 0. The summed E-state index contributed by atoms with van der Waals surface area (Å²) in [4.78, 5) is 4.43. The van der Waals surface area contributed by atoms with Crippen molar-refractivity contribution < 1.29 is 0 Å². The molecule has 0 saturated heterocycles. The second-order valence-electron chi connectivity index (χ2n) is 3.81. The molecular formula is C15H9ClN. The van der Waals surface area contributed by atoms with E-state index in [9.17, 15) is 0 Å². The SMILES string of the molecule is Clc1[c]cccc1-c1cnc2ccccc2c1. The van der Waals surface area contributed by atoms with Crippen molar-refractivity contribution in [2.45, 2.75) is 0 Å². The molecule has 0 aliphatic heterocycles. The minimum Gasteiger partial charge on any atom is -0.256 e. The number of rotatable bonds is 1. The summed E-state index contributed by atoms with van der Waals surface area (Å²) >= 11 is 6.13. The van der Waals surface area contributed by atoms with Gasteiger partial charge < -0.3 is 0 Å². The lowest BCUT2D eigenvalue weighted by molar-refractivity contribution is 1.41. The number of fused-ring (bicyclic) bond motifs is 1. The summed E-state index contributed by atoms with van der Waals surface area (Å²) in [6, 6.07) is 18.8. The zero-order valence-electron chi connectivity index (χ0n) is 9.02. The maximum Gasteiger partial charge on any atom is 0.0702 e. The van der Waals surface area contributed by atoms with Crippen LogP contribution in [0.25, 0.3) is 22.0 Å². The minimum atomic E-state index is 0.629. The second kappa shape index (κ2) is 4.19. The van der Waals surface area contributed by atoms with E-state index < -0.39 is 0 Å². The smallest absolute Gasteiger partial charge is 0.0702 e. The van der Waals surface area contributed by atoms with Crippen molar-refractivity contribution in [1.29, 1.82) is 0 Å². The molecule has 1 heterocycles. The molecule has 3 aromatic rings. The minimum absolute atomic E-state index is 0.629. The monoisotopic (exact) mass is 238 g/mol. The highest BCUT2D eigenvalue weighted by Gasteiger charge is 2.04. The van der Waals surface area contributed by atoms with Gasteiger partial charge in [0, 0.05) is 28.8 Å². The van der Waals surface area contributed by atoms with Crippen LogP contribution in [0.2, 0.25) is 5.02 Å². The molecule has 0 unspecified atom stereocenters. The summed E-state index contributed by atoms with van der Waals surface area (Å²) < 4.78 is 0. The zero-order valence-corrected chi connectivity index (χ0v) is 9.78. The number of benzene rings is 2. The number of para-hydroxylation sites is 1. The van der Waals surface area contributed by atoms with Crippen molar-refractivity contribution in [1.82, 2.24) is 4.98 Å². The van der Waals surface area contributed by atoms with Gasteiger partial charge in [0.1, 0.15) is 0 Å². The first kappa shape index (κ1) is 10.3. The van der Waals surface area contributed by atoms with Gasteiger partial charge in [0.25, 0.3) is 0 Å². The quantitative estimate of drug-likeness (QED) is 0.614. The van der Waals surface area contributed by atoms with Crippen molar-refractivity contribution in [3.63, 3.8) is 0 Å². The van der Waals surface area contributed by atoms with Crippen LogP contribution in [-0.4, -0.2) is 4.98 Å². The average molecular weight is 239 g/mol. The van der Waals surface area contributed by atoms with E-state index in [2.05, 4.69) is 17.1 Å². The van der Waals surface area contributed by atoms with Gasteiger partial charge in [-0.15, -0.1) is 0 Å². The number of aromatic nitrogens is 1. The first-order valence-electron chi connectivity index (χ1n) is 5.36. The van der Waals surface area contributed by atoms with Crippen LogP contribution in [0.3, 0.4) is 0 Å². The van der Waals surface area contributed by atoms with E-state index >= 15 is 0 Å². The Morgan fingerprint density at radius 1 is 1.06 bits per heavy atom. The van der Waals surface area contributed by atoms with E-state index in [0.29, 0.717) is 5.02 Å². The summed E-state index contributed by atoms with van der Waals surface area (Å²) in [5.41, 5.74) is 2.98. The number of halogens is 1. The Hall–Kier alpha value is -1.86. The Bertz CT molecular complexity index is 676. The molecule has 2 heteroatoms. The van der Waals surface area contributed by atoms with Gasteiger partial charge in [-0.25, -0.2) is 0 Å². The topological polar surface area (TPSA) is 12.9 Å².